The Hall–Kier alpha value is -1.56. The fraction of sp³-hybridized carbons (Fsp3) is 0.500. The van der Waals surface area contributed by atoms with E-state index in [1.165, 1.54) is 19.8 Å². The lowest BCUT2D eigenvalue weighted by atomic mass is 10.1. The number of aryl methyl sites for hydroxylation is 2. The van der Waals surface area contributed by atoms with Gasteiger partial charge in [0.25, 0.3) is 0 Å². The van der Waals surface area contributed by atoms with Gasteiger partial charge < -0.3 is 4.84 Å². The van der Waals surface area contributed by atoms with Crippen molar-refractivity contribution in [1.29, 1.82) is 0 Å². The molecule has 1 atom stereocenters. The maximum atomic E-state index is 12.5. The molecular weight excluding hydrogens is 430 g/mol. The van der Waals surface area contributed by atoms with Crippen LogP contribution in [0.1, 0.15) is 11.1 Å². The van der Waals surface area contributed by atoms with E-state index < -0.39 is 6.09 Å². The summed E-state index contributed by atoms with van der Waals surface area (Å²) in [7, 11) is 4.74. The normalized spacial score (nSPS) is 16.5. The number of nitrogens with zero attached hydrogens (tertiary/aromatic N) is 4. The van der Waals surface area contributed by atoms with Crippen molar-refractivity contribution in [3.8, 4) is 0 Å². The number of hydrogen-bond acceptors (Lipinski definition) is 8. The second-order valence-electron chi connectivity index (χ2n) is 6.42. The molecule has 1 fully saturated rings. The Morgan fingerprint density at radius 2 is 2.00 bits per heavy atom. The molecule has 0 aliphatic carbocycles. The highest BCUT2D eigenvalue weighted by Gasteiger charge is 2.22. The highest BCUT2D eigenvalue weighted by molar-refractivity contribution is 8.06. The number of nitrogens with one attached hydrogen (secondary N) is 1. The van der Waals surface area contributed by atoms with Gasteiger partial charge in [0.15, 0.2) is 0 Å². The van der Waals surface area contributed by atoms with E-state index in [9.17, 15) is 9.59 Å². The zero-order valence-electron chi connectivity index (χ0n) is 17.2. The van der Waals surface area contributed by atoms with Gasteiger partial charge >= 0.3 is 12.1 Å². The fourth-order valence-corrected chi connectivity index (χ4v) is 5.41. The first-order valence-electron chi connectivity index (χ1n) is 8.97. The molecule has 1 aliphatic heterocycles. The smallest absolute Gasteiger partial charge is 0.352 e. The van der Waals surface area contributed by atoms with Gasteiger partial charge in [-0.05, 0) is 25.5 Å². The van der Waals surface area contributed by atoms with Gasteiger partial charge in [0.2, 0.25) is 0 Å². The third kappa shape index (κ3) is 7.65. The van der Waals surface area contributed by atoms with E-state index in [0.717, 1.165) is 46.2 Å². The van der Waals surface area contributed by atoms with Gasteiger partial charge in [-0.2, -0.15) is 11.8 Å². The molecular formula is C18H27N5O3S3. The first kappa shape index (κ1) is 23.7. The topological polar surface area (TPSA) is 77.5 Å². The monoisotopic (exact) mass is 457 g/mol. The minimum atomic E-state index is -0.572. The lowest BCUT2D eigenvalue weighted by Gasteiger charge is -2.26. The summed E-state index contributed by atoms with van der Waals surface area (Å²) in [6.07, 6.45) is 0.895. The molecule has 1 unspecified atom stereocenters. The van der Waals surface area contributed by atoms with Crippen molar-refractivity contribution < 1.29 is 14.4 Å². The van der Waals surface area contributed by atoms with Crippen LogP contribution in [0.3, 0.4) is 0 Å². The minimum absolute atomic E-state index is 0.0861. The third-order valence-corrected chi connectivity index (χ3v) is 7.32. The predicted octanol–water partition coefficient (Wildman–Crippen LogP) is 3.89. The number of hydrogen-bond donors (Lipinski definition) is 1. The average molecular weight is 458 g/mol. The molecule has 0 radical (unpaired) electrons. The van der Waals surface area contributed by atoms with Gasteiger partial charge in [0.1, 0.15) is 0 Å². The van der Waals surface area contributed by atoms with Crippen LogP contribution in [0.2, 0.25) is 0 Å². The van der Waals surface area contributed by atoms with Crippen molar-refractivity contribution in [2.45, 2.75) is 19.2 Å². The fourth-order valence-electron chi connectivity index (χ4n) is 2.36. The van der Waals surface area contributed by atoms with Crippen LogP contribution in [-0.4, -0.2) is 75.7 Å². The Kier molecular flexibility index (Phi) is 9.47. The number of hydroxylamine groups is 1. The lowest BCUT2D eigenvalue weighted by molar-refractivity contribution is 0.0759. The Morgan fingerprint density at radius 3 is 2.66 bits per heavy atom. The first-order valence-corrected chi connectivity index (χ1v) is 11.9. The van der Waals surface area contributed by atoms with Crippen molar-refractivity contribution in [2.24, 2.45) is 4.99 Å². The van der Waals surface area contributed by atoms with Crippen LogP contribution in [0.25, 0.3) is 0 Å². The van der Waals surface area contributed by atoms with Gasteiger partial charge in [-0.15, -0.1) is 17.2 Å². The Bertz CT molecular complexity index is 743. The maximum absolute atomic E-state index is 12.5. The number of carbonyl (C=O) groups is 2. The Labute approximate surface area is 185 Å². The van der Waals surface area contributed by atoms with E-state index in [1.54, 1.807) is 32.9 Å². The van der Waals surface area contributed by atoms with E-state index in [2.05, 4.69) is 10.5 Å². The van der Waals surface area contributed by atoms with Crippen molar-refractivity contribution in [3.05, 3.63) is 29.3 Å². The molecule has 1 aliphatic rings. The lowest BCUT2D eigenvalue weighted by Crippen LogP contribution is -2.39. The summed E-state index contributed by atoms with van der Waals surface area (Å²) in [5.74, 6) is 3.02. The average Bonchev–Trinajstić information content (AvgIpc) is 2.71. The molecule has 1 saturated heterocycles. The molecule has 1 aromatic rings. The van der Waals surface area contributed by atoms with Crippen molar-refractivity contribution in [3.63, 3.8) is 0 Å². The van der Waals surface area contributed by atoms with Gasteiger partial charge in [0, 0.05) is 38.4 Å². The molecule has 29 heavy (non-hydrogen) atoms. The summed E-state index contributed by atoms with van der Waals surface area (Å²) in [4.78, 5) is 35.5. The van der Waals surface area contributed by atoms with Crippen molar-refractivity contribution in [1.82, 2.24) is 19.0 Å². The molecule has 3 amide bonds. The molecule has 11 heteroatoms. The van der Waals surface area contributed by atoms with Crippen LogP contribution in [0.15, 0.2) is 23.2 Å². The van der Waals surface area contributed by atoms with E-state index in [4.69, 9.17) is 4.84 Å². The second kappa shape index (κ2) is 11.6. The summed E-state index contributed by atoms with van der Waals surface area (Å²) in [5.41, 5.74) is 5.78. The number of carbonyl (C=O) groups excluding carboxylic acids is 2. The van der Waals surface area contributed by atoms with E-state index in [-0.39, 0.29) is 11.4 Å². The van der Waals surface area contributed by atoms with Gasteiger partial charge in [0.05, 0.1) is 29.5 Å². The zero-order valence-corrected chi connectivity index (χ0v) is 19.7. The number of aliphatic imine (C=N–C) groups is 1. The standard InChI is InChI=1S/C18H27N5O3S3/c1-13-6-7-15(14(2)10-13)19-12-21(3)17(24)22(4)29-23(5)18(25)26-20-16-11-27-8-9-28-16/h6-7,10,12,16,20H,8-9,11H2,1-5H3. The SMILES string of the molecule is Cc1ccc(N=CN(C)C(=O)N(C)SN(C)C(=O)ONC2CSCCS2)c(C)c1. The van der Waals surface area contributed by atoms with Crippen molar-refractivity contribution >= 4 is 59.8 Å². The van der Waals surface area contributed by atoms with Gasteiger partial charge in [-0.3, -0.25) is 9.21 Å². The Morgan fingerprint density at radius 1 is 1.24 bits per heavy atom. The number of urea groups is 1. The van der Waals surface area contributed by atoms with Gasteiger partial charge in [-0.1, -0.05) is 17.7 Å². The summed E-state index contributed by atoms with van der Waals surface area (Å²) in [5, 5.41) is 0.0861. The number of rotatable bonds is 6. The highest BCUT2D eigenvalue weighted by Crippen LogP contribution is 2.22. The van der Waals surface area contributed by atoms with Crippen LogP contribution >= 0.6 is 35.7 Å². The van der Waals surface area contributed by atoms with Crippen LogP contribution < -0.4 is 5.48 Å². The number of benzene rings is 1. The zero-order chi connectivity index (χ0) is 21.4. The number of thioether (sulfide) groups is 2. The van der Waals surface area contributed by atoms with Crippen LogP contribution in [0.5, 0.6) is 0 Å². The van der Waals surface area contributed by atoms with E-state index >= 15 is 0 Å². The number of amides is 3. The maximum Gasteiger partial charge on any atom is 0.439 e. The molecule has 1 N–H and O–H groups in total. The van der Waals surface area contributed by atoms with E-state index in [1.807, 2.05) is 43.8 Å². The minimum Gasteiger partial charge on any atom is -0.352 e. The first-order chi connectivity index (χ1) is 13.8. The molecule has 8 nitrogen and oxygen atoms in total. The molecule has 1 aromatic carbocycles. The Balaban J connectivity index is 1.81. The largest absolute Gasteiger partial charge is 0.439 e. The molecule has 0 spiro atoms. The molecule has 0 bridgehead atoms. The summed E-state index contributed by atoms with van der Waals surface area (Å²) in [6, 6.07) is 5.60. The van der Waals surface area contributed by atoms with Crippen LogP contribution in [0.4, 0.5) is 15.3 Å². The third-order valence-electron chi connectivity index (χ3n) is 3.89. The molecule has 2 rings (SSSR count). The summed E-state index contributed by atoms with van der Waals surface area (Å²) in [6.45, 7) is 3.99. The van der Waals surface area contributed by atoms with Crippen molar-refractivity contribution in [2.75, 3.05) is 38.4 Å². The quantitative estimate of drug-likeness (QED) is 0.300. The summed E-state index contributed by atoms with van der Waals surface area (Å²) < 4.78 is 2.58. The van der Waals surface area contributed by atoms with Gasteiger partial charge in [-0.25, -0.2) is 18.9 Å². The summed E-state index contributed by atoms with van der Waals surface area (Å²) >= 11 is 4.49. The van der Waals surface area contributed by atoms with Crippen LogP contribution in [0, 0.1) is 13.8 Å². The van der Waals surface area contributed by atoms with Crippen LogP contribution in [-0.2, 0) is 4.84 Å². The van der Waals surface area contributed by atoms with E-state index in [0.29, 0.717) is 0 Å². The highest BCUT2D eigenvalue weighted by atomic mass is 32.2. The molecule has 160 valence electrons. The molecule has 1 heterocycles. The molecule has 0 saturated carbocycles. The predicted molar refractivity (Wildman–Crippen MR) is 124 cm³/mol. The second-order valence-corrected chi connectivity index (χ2v) is 10.1. The molecule has 0 aromatic heterocycles.